The van der Waals surface area contributed by atoms with Crippen LogP contribution in [0.2, 0.25) is 0 Å². The number of nitrogens with one attached hydrogen (secondary N) is 1. The minimum Gasteiger partial charge on any atom is -0.311 e. The van der Waals surface area contributed by atoms with Gasteiger partial charge in [0, 0.05) is 5.54 Å². The molecule has 1 unspecified atom stereocenters. The molecule has 1 atom stereocenters. The fourth-order valence-electron chi connectivity index (χ4n) is 2.17. The first-order valence-corrected chi connectivity index (χ1v) is 4.77. The number of rotatable bonds is 2. The first kappa shape index (κ1) is 9.05. The fourth-order valence-corrected chi connectivity index (χ4v) is 2.17. The number of hydrogen-bond acceptors (Lipinski definition) is 1. The molecule has 0 radical (unpaired) electrons. The van der Waals surface area contributed by atoms with E-state index in [1.165, 1.54) is 25.8 Å². The van der Waals surface area contributed by atoms with Gasteiger partial charge in [0.05, 0.1) is 0 Å². The number of hydrogen-bond donors (Lipinski definition) is 1. The van der Waals surface area contributed by atoms with Crippen molar-refractivity contribution in [2.24, 2.45) is 5.41 Å². The van der Waals surface area contributed by atoms with Crippen molar-refractivity contribution in [3.8, 4) is 0 Å². The summed E-state index contributed by atoms with van der Waals surface area (Å²) >= 11 is 0. The molecule has 0 spiro atoms. The molecule has 1 aliphatic heterocycles. The molecule has 11 heavy (non-hydrogen) atoms. The summed E-state index contributed by atoms with van der Waals surface area (Å²) in [7, 11) is 0. The standard InChI is InChI=1S/C10H21N/c1-5-6-10(4)7-8-11-9(10,2)3/h11H,5-8H2,1-4H3. The van der Waals surface area contributed by atoms with Crippen LogP contribution in [0.5, 0.6) is 0 Å². The summed E-state index contributed by atoms with van der Waals surface area (Å²) in [5.74, 6) is 0. The van der Waals surface area contributed by atoms with E-state index in [1.54, 1.807) is 0 Å². The van der Waals surface area contributed by atoms with Gasteiger partial charge in [0.25, 0.3) is 0 Å². The van der Waals surface area contributed by atoms with Gasteiger partial charge in [-0.2, -0.15) is 0 Å². The molecule has 0 amide bonds. The molecular formula is C10H21N. The SMILES string of the molecule is CCCC1(C)CCNC1(C)C. The van der Waals surface area contributed by atoms with Gasteiger partial charge in [-0.1, -0.05) is 20.3 Å². The first-order valence-electron chi connectivity index (χ1n) is 4.77. The zero-order valence-corrected chi connectivity index (χ0v) is 8.33. The third-order valence-electron chi connectivity index (χ3n) is 3.55. The second kappa shape index (κ2) is 2.78. The van der Waals surface area contributed by atoms with E-state index in [4.69, 9.17) is 0 Å². The van der Waals surface area contributed by atoms with Gasteiger partial charge in [0.2, 0.25) is 0 Å². The highest BCUT2D eigenvalue weighted by Gasteiger charge is 2.43. The van der Waals surface area contributed by atoms with Crippen LogP contribution in [0.3, 0.4) is 0 Å². The van der Waals surface area contributed by atoms with Crippen LogP contribution in [-0.4, -0.2) is 12.1 Å². The van der Waals surface area contributed by atoms with Crippen molar-refractivity contribution in [1.82, 2.24) is 5.32 Å². The van der Waals surface area contributed by atoms with Gasteiger partial charge in [0.1, 0.15) is 0 Å². The Balaban J connectivity index is 2.68. The average Bonchev–Trinajstić information content (AvgIpc) is 2.09. The predicted molar refractivity (Wildman–Crippen MR) is 49.7 cm³/mol. The van der Waals surface area contributed by atoms with Crippen LogP contribution in [0, 0.1) is 5.41 Å². The zero-order valence-electron chi connectivity index (χ0n) is 8.33. The molecule has 1 rings (SSSR count). The van der Waals surface area contributed by atoms with E-state index in [2.05, 4.69) is 33.0 Å². The van der Waals surface area contributed by atoms with Gasteiger partial charge in [-0.05, 0) is 38.6 Å². The van der Waals surface area contributed by atoms with Gasteiger partial charge >= 0.3 is 0 Å². The van der Waals surface area contributed by atoms with Gasteiger partial charge < -0.3 is 5.32 Å². The minimum absolute atomic E-state index is 0.350. The zero-order chi connectivity index (χ0) is 8.54. The summed E-state index contributed by atoms with van der Waals surface area (Å²) in [4.78, 5) is 0. The van der Waals surface area contributed by atoms with Crippen LogP contribution in [0.15, 0.2) is 0 Å². The summed E-state index contributed by atoms with van der Waals surface area (Å²) in [6, 6.07) is 0. The first-order chi connectivity index (χ1) is 5.02. The van der Waals surface area contributed by atoms with Crippen LogP contribution in [0.1, 0.15) is 47.0 Å². The molecule has 66 valence electrons. The summed E-state index contributed by atoms with van der Waals surface area (Å²) in [5.41, 5.74) is 0.880. The Morgan fingerprint density at radius 1 is 1.27 bits per heavy atom. The molecule has 1 saturated heterocycles. The molecule has 1 aliphatic rings. The lowest BCUT2D eigenvalue weighted by atomic mass is 9.71. The highest BCUT2D eigenvalue weighted by molar-refractivity contribution is 5.01. The molecule has 1 fully saturated rings. The van der Waals surface area contributed by atoms with E-state index < -0.39 is 0 Å². The monoisotopic (exact) mass is 155 g/mol. The van der Waals surface area contributed by atoms with E-state index in [1.807, 2.05) is 0 Å². The van der Waals surface area contributed by atoms with Gasteiger partial charge in [-0.25, -0.2) is 0 Å². The van der Waals surface area contributed by atoms with E-state index in [-0.39, 0.29) is 0 Å². The highest BCUT2D eigenvalue weighted by atomic mass is 15.0. The van der Waals surface area contributed by atoms with E-state index in [0.717, 1.165) is 0 Å². The van der Waals surface area contributed by atoms with Crippen molar-refractivity contribution >= 4 is 0 Å². The second-order valence-electron chi connectivity index (χ2n) is 4.61. The molecule has 0 saturated carbocycles. The Kier molecular flexibility index (Phi) is 2.29. The van der Waals surface area contributed by atoms with Gasteiger partial charge in [0.15, 0.2) is 0 Å². The molecule has 0 aromatic rings. The maximum absolute atomic E-state index is 3.57. The molecule has 0 aliphatic carbocycles. The van der Waals surface area contributed by atoms with Crippen molar-refractivity contribution in [3.05, 3.63) is 0 Å². The van der Waals surface area contributed by atoms with Crippen molar-refractivity contribution in [2.45, 2.75) is 52.5 Å². The van der Waals surface area contributed by atoms with Gasteiger partial charge in [-0.15, -0.1) is 0 Å². The molecule has 1 nitrogen and oxygen atoms in total. The molecule has 0 bridgehead atoms. The largest absolute Gasteiger partial charge is 0.311 e. The molecule has 0 aromatic carbocycles. The minimum atomic E-state index is 0.350. The Hall–Kier alpha value is -0.0400. The van der Waals surface area contributed by atoms with Crippen molar-refractivity contribution in [2.75, 3.05) is 6.54 Å². The fraction of sp³-hybridized carbons (Fsp3) is 1.00. The van der Waals surface area contributed by atoms with Crippen LogP contribution in [0.4, 0.5) is 0 Å². The van der Waals surface area contributed by atoms with Crippen LogP contribution < -0.4 is 5.32 Å². The van der Waals surface area contributed by atoms with Gasteiger partial charge in [-0.3, -0.25) is 0 Å². The highest BCUT2D eigenvalue weighted by Crippen LogP contribution is 2.42. The third-order valence-corrected chi connectivity index (χ3v) is 3.55. The summed E-state index contributed by atoms with van der Waals surface area (Å²) in [6.07, 6.45) is 4.00. The molecular weight excluding hydrogens is 134 g/mol. The Morgan fingerprint density at radius 3 is 2.27 bits per heavy atom. The van der Waals surface area contributed by atoms with Crippen LogP contribution >= 0.6 is 0 Å². The maximum Gasteiger partial charge on any atom is 0.0179 e. The average molecular weight is 155 g/mol. The van der Waals surface area contributed by atoms with Crippen molar-refractivity contribution in [1.29, 1.82) is 0 Å². The van der Waals surface area contributed by atoms with Crippen molar-refractivity contribution < 1.29 is 0 Å². The smallest absolute Gasteiger partial charge is 0.0179 e. The second-order valence-corrected chi connectivity index (χ2v) is 4.61. The van der Waals surface area contributed by atoms with Crippen LogP contribution in [-0.2, 0) is 0 Å². The summed E-state index contributed by atoms with van der Waals surface area (Å²) in [6.45, 7) is 10.5. The summed E-state index contributed by atoms with van der Waals surface area (Å²) in [5, 5.41) is 3.57. The lowest BCUT2D eigenvalue weighted by molar-refractivity contribution is 0.179. The Morgan fingerprint density at radius 2 is 1.91 bits per heavy atom. The van der Waals surface area contributed by atoms with E-state index >= 15 is 0 Å². The normalized spacial score (nSPS) is 36.0. The lowest BCUT2D eigenvalue weighted by Gasteiger charge is -2.38. The lowest BCUT2D eigenvalue weighted by Crippen LogP contribution is -2.44. The molecule has 1 heterocycles. The maximum atomic E-state index is 3.57. The Bertz CT molecular complexity index is 140. The van der Waals surface area contributed by atoms with Crippen molar-refractivity contribution in [3.63, 3.8) is 0 Å². The van der Waals surface area contributed by atoms with Crippen LogP contribution in [0.25, 0.3) is 0 Å². The summed E-state index contributed by atoms with van der Waals surface area (Å²) < 4.78 is 0. The Labute approximate surface area is 70.6 Å². The molecule has 1 heteroatoms. The topological polar surface area (TPSA) is 12.0 Å². The predicted octanol–water partition coefficient (Wildman–Crippen LogP) is 2.56. The van der Waals surface area contributed by atoms with E-state index in [9.17, 15) is 0 Å². The third kappa shape index (κ3) is 1.44. The van der Waals surface area contributed by atoms with E-state index in [0.29, 0.717) is 11.0 Å². The molecule has 1 N–H and O–H groups in total. The molecule has 0 aromatic heterocycles. The quantitative estimate of drug-likeness (QED) is 0.646.